The zero-order chi connectivity index (χ0) is 15.9. The predicted molar refractivity (Wildman–Crippen MR) is 93.2 cm³/mol. The smallest absolute Gasteiger partial charge is 0.174 e. The number of ether oxygens (including phenoxy) is 1. The second kappa shape index (κ2) is 8.08. The van der Waals surface area contributed by atoms with Gasteiger partial charge in [-0.15, -0.1) is 0 Å². The first kappa shape index (κ1) is 16.7. The van der Waals surface area contributed by atoms with Gasteiger partial charge in [-0.05, 0) is 39.0 Å². The lowest BCUT2D eigenvalue weighted by Gasteiger charge is -2.06. The molecule has 1 aromatic carbocycles. The van der Waals surface area contributed by atoms with E-state index in [-0.39, 0.29) is 5.78 Å². The summed E-state index contributed by atoms with van der Waals surface area (Å²) in [5, 5.41) is 0. The minimum atomic E-state index is 0.206. The Labute approximate surface area is 136 Å². The molecule has 0 N–H and O–H groups in total. The summed E-state index contributed by atoms with van der Waals surface area (Å²) < 4.78 is 7.80. The molecule has 0 aliphatic heterocycles. The third-order valence-electron chi connectivity index (χ3n) is 3.66. The summed E-state index contributed by atoms with van der Waals surface area (Å²) in [5.74, 6) is 2.40. The predicted octanol–water partition coefficient (Wildman–Crippen LogP) is 4.12. The van der Waals surface area contributed by atoms with Gasteiger partial charge in [0.25, 0.3) is 0 Å². The van der Waals surface area contributed by atoms with E-state index in [2.05, 4.69) is 11.5 Å². The molecule has 4 heteroatoms. The van der Waals surface area contributed by atoms with E-state index in [9.17, 15) is 4.79 Å². The molecule has 0 bridgehead atoms. The van der Waals surface area contributed by atoms with Crippen LogP contribution in [0.5, 0.6) is 5.75 Å². The number of carbonyl (C=O) groups excluding carboxylic acids is 1. The van der Waals surface area contributed by atoms with Crippen LogP contribution in [0.2, 0.25) is 0 Å². The fraction of sp³-hybridized carbons (Fsp3) is 0.389. The molecule has 0 aliphatic rings. The van der Waals surface area contributed by atoms with E-state index in [1.807, 2.05) is 50.2 Å². The van der Waals surface area contributed by atoms with E-state index in [1.54, 1.807) is 11.8 Å². The molecule has 0 fully saturated rings. The zero-order valence-electron chi connectivity index (χ0n) is 13.5. The van der Waals surface area contributed by atoms with Crippen molar-refractivity contribution >= 4 is 17.5 Å². The van der Waals surface area contributed by atoms with Crippen LogP contribution in [0.25, 0.3) is 0 Å². The second-order valence-corrected chi connectivity index (χ2v) is 6.27. The Kier molecular flexibility index (Phi) is 6.13. The summed E-state index contributed by atoms with van der Waals surface area (Å²) in [6.07, 6.45) is 0. The molecule has 1 heterocycles. The number of Topliss-reactive ketones (excluding diaryl/α,β-unsaturated/α-hetero) is 1. The normalized spacial score (nSPS) is 10.7. The number of carbonyl (C=O) groups is 1. The van der Waals surface area contributed by atoms with Gasteiger partial charge in [-0.3, -0.25) is 4.79 Å². The maximum atomic E-state index is 12.3. The average molecular weight is 317 g/mol. The Morgan fingerprint density at radius 3 is 2.59 bits per heavy atom. The number of aromatic nitrogens is 1. The number of benzene rings is 1. The first-order chi connectivity index (χ1) is 10.6. The van der Waals surface area contributed by atoms with Crippen LogP contribution in [0.1, 0.15) is 28.7 Å². The number of hydrogen-bond acceptors (Lipinski definition) is 3. The number of nitrogens with zero attached hydrogens (tertiary/aromatic N) is 1. The van der Waals surface area contributed by atoms with Crippen LogP contribution in [0.3, 0.4) is 0 Å². The third kappa shape index (κ3) is 4.17. The number of ketones is 1. The Morgan fingerprint density at radius 2 is 1.95 bits per heavy atom. The van der Waals surface area contributed by atoms with Gasteiger partial charge in [0.2, 0.25) is 0 Å². The van der Waals surface area contributed by atoms with Crippen LogP contribution >= 0.6 is 11.8 Å². The molecule has 1 aromatic heterocycles. The van der Waals surface area contributed by atoms with E-state index < -0.39 is 0 Å². The Morgan fingerprint density at radius 1 is 1.23 bits per heavy atom. The van der Waals surface area contributed by atoms with Crippen LogP contribution in [0.4, 0.5) is 0 Å². The van der Waals surface area contributed by atoms with Crippen molar-refractivity contribution in [3.8, 4) is 5.75 Å². The summed E-state index contributed by atoms with van der Waals surface area (Å²) in [6, 6.07) is 11.8. The fourth-order valence-electron chi connectivity index (χ4n) is 2.55. The van der Waals surface area contributed by atoms with Gasteiger partial charge in [0.05, 0.1) is 12.4 Å². The summed E-state index contributed by atoms with van der Waals surface area (Å²) >= 11 is 1.62. The van der Waals surface area contributed by atoms with E-state index in [1.165, 1.54) is 0 Å². The highest BCUT2D eigenvalue weighted by Gasteiger charge is 2.14. The third-order valence-corrected chi connectivity index (χ3v) is 4.58. The van der Waals surface area contributed by atoms with Crippen molar-refractivity contribution in [2.75, 3.05) is 18.1 Å². The molecular weight excluding hydrogens is 294 g/mol. The maximum absolute atomic E-state index is 12.3. The first-order valence-corrected chi connectivity index (χ1v) is 8.74. The van der Waals surface area contributed by atoms with Gasteiger partial charge >= 0.3 is 0 Å². The van der Waals surface area contributed by atoms with E-state index in [0.29, 0.717) is 12.4 Å². The van der Waals surface area contributed by atoms with E-state index in [0.717, 1.165) is 35.0 Å². The molecule has 22 heavy (non-hydrogen) atoms. The van der Waals surface area contributed by atoms with Gasteiger partial charge in [-0.2, -0.15) is 11.8 Å². The topological polar surface area (TPSA) is 31.2 Å². The maximum Gasteiger partial charge on any atom is 0.174 e. The molecule has 0 radical (unpaired) electrons. The average Bonchev–Trinajstić information content (AvgIpc) is 2.82. The fourth-order valence-corrected chi connectivity index (χ4v) is 3.23. The highest BCUT2D eigenvalue weighted by molar-refractivity contribution is 8.00. The lowest BCUT2D eigenvalue weighted by atomic mass is 10.2. The van der Waals surface area contributed by atoms with Gasteiger partial charge in [-0.25, -0.2) is 0 Å². The summed E-state index contributed by atoms with van der Waals surface area (Å²) in [6.45, 7) is 7.70. The summed E-state index contributed by atoms with van der Waals surface area (Å²) in [4.78, 5) is 12.3. The highest BCUT2D eigenvalue weighted by atomic mass is 32.2. The van der Waals surface area contributed by atoms with Crippen molar-refractivity contribution in [2.24, 2.45) is 0 Å². The largest absolute Gasteiger partial charge is 0.493 e. The molecule has 0 amide bonds. The molecule has 0 spiro atoms. The number of hydrogen-bond donors (Lipinski definition) is 0. The Balaban J connectivity index is 1.76. The lowest BCUT2D eigenvalue weighted by Crippen LogP contribution is -2.08. The standard InChI is InChI=1S/C18H23NO2S/c1-4-19-14(2)12-17(15(19)3)18(20)13-22-11-10-21-16-8-6-5-7-9-16/h5-9,12H,4,10-11,13H2,1-3H3. The monoisotopic (exact) mass is 317 g/mol. The number of rotatable bonds is 8. The van der Waals surface area contributed by atoms with Gasteiger partial charge in [-0.1, -0.05) is 18.2 Å². The van der Waals surface area contributed by atoms with Crippen LogP contribution in [0.15, 0.2) is 36.4 Å². The molecule has 0 atom stereocenters. The van der Waals surface area contributed by atoms with E-state index >= 15 is 0 Å². The molecule has 0 aliphatic carbocycles. The molecule has 2 aromatic rings. The van der Waals surface area contributed by atoms with Gasteiger partial charge < -0.3 is 9.30 Å². The molecule has 0 saturated carbocycles. The van der Waals surface area contributed by atoms with Crippen molar-refractivity contribution in [1.29, 1.82) is 0 Å². The number of para-hydroxylation sites is 1. The quantitative estimate of drug-likeness (QED) is 0.542. The molecular formula is C18H23NO2S. The van der Waals surface area contributed by atoms with Crippen LogP contribution in [-0.4, -0.2) is 28.5 Å². The summed E-state index contributed by atoms with van der Waals surface area (Å²) in [7, 11) is 0. The minimum Gasteiger partial charge on any atom is -0.493 e. The van der Waals surface area contributed by atoms with Crippen molar-refractivity contribution in [3.05, 3.63) is 53.3 Å². The molecule has 0 unspecified atom stereocenters. The van der Waals surface area contributed by atoms with Crippen LogP contribution < -0.4 is 4.74 Å². The number of aryl methyl sites for hydroxylation is 1. The van der Waals surface area contributed by atoms with Crippen molar-refractivity contribution < 1.29 is 9.53 Å². The molecule has 0 saturated heterocycles. The minimum absolute atomic E-state index is 0.206. The van der Waals surface area contributed by atoms with Crippen LogP contribution in [-0.2, 0) is 6.54 Å². The van der Waals surface area contributed by atoms with Crippen molar-refractivity contribution in [2.45, 2.75) is 27.3 Å². The van der Waals surface area contributed by atoms with Crippen molar-refractivity contribution in [1.82, 2.24) is 4.57 Å². The second-order valence-electron chi connectivity index (χ2n) is 5.17. The Hall–Kier alpha value is -1.68. The zero-order valence-corrected chi connectivity index (χ0v) is 14.3. The van der Waals surface area contributed by atoms with Crippen LogP contribution in [0, 0.1) is 13.8 Å². The molecule has 3 nitrogen and oxygen atoms in total. The number of thioether (sulfide) groups is 1. The van der Waals surface area contributed by atoms with Crippen molar-refractivity contribution in [3.63, 3.8) is 0 Å². The van der Waals surface area contributed by atoms with E-state index in [4.69, 9.17) is 4.74 Å². The molecule has 2 rings (SSSR count). The Bertz CT molecular complexity index is 620. The lowest BCUT2D eigenvalue weighted by molar-refractivity contribution is 0.102. The highest BCUT2D eigenvalue weighted by Crippen LogP contribution is 2.17. The summed E-state index contributed by atoms with van der Waals surface area (Å²) in [5.41, 5.74) is 3.09. The van der Waals surface area contributed by atoms with Gasteiger partial charge in [0.15, 0.2) is 5.78 Å². The van der Waals surface area contributed by atoms with Gasteiger partial charge in [0.1, 0.15) is 5.75 Å². The SMILES string of the molecule is CCn1c(C)cc(C(=O)CSCCOc2ccccc2)c1C. The molecule has 118 valence electrons. The first-order valence-electron chi connectivity index (χ1n) is 7.59. The van der Waals surface area contributed by atoms with Gasteiger partial charge in [0, 0.05) is 29.2 Å².